The molecule has 0 saturated carbocycles. The molecule has 4 N–H and O–H groups in total. The van der Waals surface area contributed by atoms with Crippen LogP contribution in [0, 0.1) is 11.7 Å². The van der Waals surface area contributed by atoms with Crippen LogP contribution in [0.1, 0.15) is 68.6 Å². The van der Waals surface area contributed by atoms with Crippen molar-refractivity contribution in [1.82, 2.24) is 10.2 Å². The number of carbonyl (C=O) groups is 3. The van der Waals surface area contributed by atoms with Crippen LogP contribution in [0.15, 0.2) is 72.8 Å². The molecule has 4 rings (SSSR count). The van der Waals surface area contributed by atoms with Gasteiger partial charge in [-0.1, -0.05) is 73.7 Å². The van der Waals surface area contributed by atoms with Crippen molar-refractivity contribution in [3.8, 4) is 11.1 Å². The molecule has 3 aromatic rings. The Balaban J connectivity index is 1.35. The summed E-state index contributed by atoms with van der Waals surface area (Å²) in [5.41, 5.74) is 7.07. The number of amides is 2. The Kier molecular flexibility index (Phi) is 12.9. The van der Waals surface area contributed by atoms with Crippen molar-refractivity contribution in [3.05, 3.63) is 95.3 Å². The van der Waals surface area contributed by atoms with E-state index in [4.69, 9.17) is 15.2 Å². The van der Waals surface area contributed by atoms with Gasteiger partial charge in [-0.3, -0.25) is 14.9 Å². The van der Waals surface area contributed by atoms with E-state index in [-0.39, 0.29) is 48.8 Å². The van der Waals surface area contributed by atoms with Crippen LogP contribution in [0.5, 0.6) is 0 Å². The number of aryl methyl sites for hydroxylation is 1. The number of esters is 1. The van der Waals surface area contributed by atoms with Crippen molar-refractivity contribution in [2.75, 3.05) is 20.2 Å². The van der Waals surface area contributed by atoms with E-state index in [0.717, 1.165) is 30.4 Å². The van der Waals surface area contributed by atoms with Crippen LogP contribution in [0.2, 0.25) is 0 Å². The summed E-state index contributed by atoms with van der Waals surface area (Å²) in [6.45, 7) is 3.31. The van der Waals surface area contributed by atoms with E-state index in [1.165, 1.54) is 19.2 Å². The Bertz CT molecular complexity index is 1500. The lowest BCUT2D eigenvalue weighted by molar-refractivity contribution is -0.146. The van der Waals surface area contributed by atoms with Gasteiger partial charge in [0.15, 0.2) is 5.72 Å². The molecule has 3 unspecified atom stereocenters. The van der Waals surface area contributed by atoms with Crippen molar-refractivity contribution in [2.45, 2.75) is 76.7 Å². The van der Waals surface area contributed by atoms with E-state index in [2.05, 4.69) is 5.32 Å². The fourth-order valence-corrected chi connectivity index (χ4v) is 6.16. The summed E-state index contributed by atoms with van der Waals surface area (Å²) < 4.78 is 25.5. The maximum Gasteiger partial charge on any atom is 0.409 e. The average Bonchev–Trinajstić information content (AvgIpc) is 3.09. The molecule has 0 aromatic heterocycles. The Hall–Kier alpha value is -4.28. The number of piperidine rings is 1. The zero-order chi connectivity index (χ0) is 33.8. The average molecular weight is 648 g/mol. The molecule has 1 saturated heterocycles. The normalized spacial score (nSPS) is 16.5. The van der Waals surface area contributed by atoms with Gasteiger partial charge in [-0.15, -0.1) is 0 Å². The van der Waals surface area contributed by atoms with Crippen molar-refractivity contribution >= 4 is 18.0 Å². The first-order chi connectivity index (χ1) is 22.6. The van der Waals surface area contributed by atoms with Crippen LogP contribution >= 0.6 is 0 Å². The Labute approximate surface area is 276 Å². The van der Waals surface area contributed by atoms with Gasteiger partial charge in [-0.2, -0.15) is 0 Å². The van der Waals surface area contributed by atoms with Gasteiger partial charge >= 0.3 is 12.1 Å². The van der Waals surface area contributed by atoms with Crippen LogP contribution in [0.3, 0.4) is 0 Å². The molecule has 9 nitrogen and oxygen atoms in total. The summed E-state index contributed by atoms with van der Waals surface area (Å²) in [6, 6.07) is 20.4. The smallest absolute Gasteiger partial charge is 0.409 e. The number of nitrogens with one attached hydrogen (secondary N) is 1. The highest BCUT2D eigenvalue weighted by molar-refractivity contribution is 5.79. The van der Waals surface area contributed by atoms with E-state index in [9.17, 15) is 19.5 Å². The van der Waals surface area contributed by atoms with Crippen LogP contribution in [-0.2, 0) is 37.8 Å². The monoisotopic (exact) mass is 647 g/mol. The molecule has 1 aliphatic rings. The Morgan fingerprint density at radius 1 is 1.09 bits per heavy atom. The number of methoxy groups -OCH3 is 1. The van der Waals surface area contributed by atoms with E-state index >= 15 is 4.39 Å². The number of nitrogens with two attached hydrogens (primary N) is 1. The SMILES string of the molecule is CCc1cccc(-c2c(F)cccc2C(O)(CCCC2CCCN(C(=O)CCC(N)C(=O)OCc3ccccc3)C2)NC(=O)OC)c1. The summed E-state index contributed by atoms with van der Waals surface area (Å²) in [7, 11) is 1.21. The van der Waals surface area contributed by atoms with E-state index in [1.807, 2.05) is 55.5 Å². The van der Waals surface area contributed by atoms with Gasteiger partial charge in [0.05, 0.1) is 7.11 Å². The molecule has 47 heavy (non-hydrogen) atoms. The van der Waals surface area contributed by atoms with Crippen molar-refractivity contribution in [3.63, 3.8) is 0 Å². The highest BCUT2D eigenvalue weighted by atomic mass is 19.1. The third kappa shape index (κ3) is 9.86. The number of halogens is 1. The fourth-order valence-electron chi connectivity index (χ4n) is 6.16. The highest BCUT2D eigenvalue weighted by Crippen LogP contribution is 2.37. The largest absolute Gasteiger partial charge is 0.460 e. The zero-order valence-electron chi connectivity index (χ0n) is 27.3. The Morgan fingerprint density at radius 2 is 1.83 bits per heavy atom. The summed E-state index contributed by atoms with van der Waals surface area (Å²) in [5, 5.41) is 14.5. The third-order valence-electron chi connectivity index (χ3n) is 8.80. The van der Waals surface area contributed by atoms with E-state index < -0.39 is 29.6 Å². The maximum absolute atomic E-state index is 15.4. The van der Waals surface area contributed by atoms with Gasteiger partial charge in [-0.05, 0) is 73.6 Å². The molecule has 0 aliphatic carbocycles. The molecule has 10 heteroatoms. The minimum absolute atomic E-state index is 0.0661. The minimum atomic E-state index is -1.90. The molecule has 0 radical (unpaired) electrons. The predicted molar refractivity (Wildman–Crippen MR) is 177 cm³/mol. The topological polar surface area (TPSA) is 131 Å². The number of hydrogen-bond donors (Lipinski definition) is 3. The number of rotatable bonds is 14. The molecule has 0 bridgehead atoms. The predicted octanol–water partition coefficient (Wildman–Crippen LogP) is 5.82. The van der Waals surface area contributed by atoms with Crippen LogP contribution in [0.25, 0.3) is 11.1 Å². The van der Waals surface area contributed by atoms with Gasteiger partial charge in [0, 0.05) is 30.6 Å². The lowest BCUT2D eigenvalue weighted by atomic mass is 9.86. The molecule has 3 atom stereocenters. The number of ether oxygens (including phenoxy) is 2. The quantitative estimate of drug-likeness (QED) is 0.149. The third-order valence-corrected chi connectivity index (χ3v) is 8.80. The maximum atomic E-state index is 15.4. The molecule has 2 amide bonds. The number of alkyl carbamates (subject to hydrolysis) is 1. The molecule has 1 heterocycles. The zero-order valence-corrected chi connectivity index (χ0v) is 27.3. The van der Waals surface area contributed by atoms with Crippen molar-refractivity contribution in [1.29, 1.82) is 0 Å². The highest BCUT2D eigenvalue weighted by Gasteiger charge is 2.36. The van der Waals surface area contributed by atoms with Crippen molar-refractivity contribution < 1.29 is 33.4 Å². The van der Waals surface area contributed by atoms with Crippen LogP contribution < -0.4 is 11.1 Å². The van der Waals surface area contributed by atoms with E-state index in [1.54, 1.807) is 17.0 Å². The number of likely N-dealkylation sites (tertiary alicyclic amines) is 1. The number of benzene rings is 3. The molecular formula is C37H46FN3O6. The summed E-state index contributed by atoms with van der Waals surface area (Å²) in [5.74, 6) is -0.936. The molecule has 0 spiro atoms. The lowest BCUT2D eigenvalue weighted by Crippen LogP contribution is -2.46. The molecule has 252 valence electrons. The number of carbonyl (C=O) groups excluding carboxylic acids is 3. The van der Waals surface area contributed by atoms with Gasteiger partial charge < -0.3 is 25.2 Å². The van der Waals surface area contributed by atoms with Gasteiger partial charge in [0.2, 0.25) is 5.91 Å². The Morgan fingerprint density at radius 3 is 2.57 bits per heavy atom. The fraction of sp³-hybridized carbons (Fsp3) is 0.432. The molecule has 3 aromatic carbocycles. The first kappa shape index (κ1) is 35.6. The lowest BCUT2D eigenvalue weighted by Gasteiger charge is -2.35. The summed E-state index contributed by atoms with van der Waals surface area (Å²) in [4.78, 5) is 39.6. The molecule has 1 aliphatic heterocycles. The second-order valence-electron chi connectivity index (χ2n) is 12.2. The minimum Gasteiger partial charge on any atom is -0.460 e. The molecular weight excluding hydrogens is 601 g/mol. The molecule has 1 fully saturated rings. The van der Waals surface area contributed by atoms with Gasteiger partial charge in [0.25, 0.3) is 0 Å². The van der Waals surface area contributed by atoms with Crippen LogP contribution in [-0.4, -0.2) is 54.2 Å². The number of aliphatic hydroxyl groups is 1. The first-order valence-electron chi connectivity index (χ1n) is 16.3. The van der Waals surface area contributed by atoms with Crippen molar-refractivity contribution in [2.24, 2.45) is 11.7 Å². The summed E-state index contributed by atoms with van der Waals surface area (Å²) >= 11 is 0. The first-order valence-corrected chi connectivity index (χ1v) is 16.3. The van der Waals surface area contributed by atoms with E-state index in [0.29, 0.717) is 31.5 Å². The summed E-state index contributed by atoms with van der Waals surface area (Å²) in [6.07, 6.45) is 3.28. The number of nitrogens with zero attached hydrogens (tertiary/aromatic N) is 1. The number of hydrogen-bond acceptors (Lipinski definition) is 7. The van der Waals surface area contributed by atoms with Gasteiger partial charge in [0.1, 0.15) is 18.5 Å². The van der Waals surface area contributed by atoms with Crippen LogP contribution in [0.4, 0.5) is 9.18 Å². The van der Waals surface area contributed by atoms with Gasteiger partial charge in [-0.25, -0.2) is 9.18 Å². The standard InChI is InChI=1S/C37H46FN3O6/c1-3-26-13-7-16-29(23-26)34-30(17-8-18-31(34)38)37(45,40-36(44)46-2)21-9-14-27-15-10-22-41(24-27)33(42)20-19-32(39)35(43)47-25-28-11-5-4-6-12-28/h4-8,11-13,16-18,23,27,32,45H,3,9-10,14-15,19-22,24-25,39H2,1-2H3,(H,40,44). The second-order valence-corrected chi connectivity index (χ2v) is 12.2. The second kappa shape index (κ2) is 17.0.